The van der Waals surface area contributed by atoms with Crippen LogP contribution in [0.5, 0.6) is 0 Å². The number of hydrogen-bond acceptors (Lipinski definition) is 4. The number of amides is 1. The molecule has 1 aliphatic rings. The second kappa shape index (κ2) is 3.68. The SMILES string of the molecule is NC(=O)C1(O)CCN(c2ccccc2N)C1. The van der Waals surface area contributed by atoms with E-state index in [1.54, 1.807) is 6.07 Å². The van der Waals surface area contributed by atoms with Crippen LogP contribution in [0.25, 0.3) is 0 Å². The molecular weight excluding hydrogens is 206 g/mol. The van der Waals surface area contributed by atoms with Gasteiger partial charge in [-0.05, 0) is 12.1 Å². The molecule has 5 heteroatoms. The zero-order valence-electron chi connectivity index (χ0n) is 8.89. The Hall–Kier alpha value is -1.75. The molecule has 5 N–H and O–H groups in total. The maximum atomic E-state index is 11.1. The molecule has 1 aromatic carbocycles. The van der Waals surface area contributed by atoms with E-state index in [0.29, 0.717) is 18.7 Å². The monoisotopic (exact) mass is 221 g/mol. The quantitative estimate of drug-likeness (QED) is 0.597. The lowest BCUT2D eigenvalue weighted by Gasteiger charge is -2.22. The lowest BCUT2D eigenvalue weighted by Crippen LogP contribution is -2.46. The van der Waals surface area contributed by atoms with Gasteiger partial charge in [-0.25, -0.2) is 0 Å². The van der Waals surface area contributed by atoms with Crippen LogP contribution in [0.4, 0.5) is 11.4 Å². The van der Waals surface area contributed by atoms with E-state index in [0.717, 1.165) is 5.69 Å². The molecular formula is C11H15N3O2. The van der Waals surface area contributed by atoms with Gasteiger partial charge in [-0.2, -0.15) is 0 Å². The van der Waals surface area contributed by atoms with Crippen LogP contribution in [0.15, 0.2) is 24.3 Å². The minimum absolute atomic E-state index is 0.205. The van der Waals surface area contributed by atoms with Crippen molar-refractivity contribution in [3.63, 3.8) is 0 Å². The van der Waals surface area contributed by atoms with Crippen LogP contribution >= 0.6 is 0 Å². The number of nitrogens with zero attached hydrogens (tertiary/aromatic N) is 1. The first-order chi connectivity index (χ1) is 7.53. The Balaban J connectivity index is 2.22. The Kier molecular flexibility index (Phi) is 2.47. The minimum Gasteiger partial charge on any atom is -0.397 e. The molecule has 0 aromatic heterocycles. The molecule has 1 atom stereocenters. The van der Waals surface area contributed by atoms with Gasteiger partial charge in [-0.15, -0.1) is 0 Å². The van der Waals surface area contributed by atoms with Crippen LogP contribution < -0.4 is 16.4 Å². The molecule has 0 bridgehead atoms. The van der Waals surface area contributed by atoms with Gasteiger partial charge in [-0.3, -0.25) is 4.79 Å². The molecule has 0 spiro atoms. The van der Waals surface area contributed by atoms with Crippen molar-refractivity contribution in [3.8, 4) is 0 Å². The number of benzene rings is 1. The summed E-state index contributed by atoms with van der Waals surface area (Å²) >= 11 is 0. The smallest absolute Gasteiger partial charge is 0.251 e. The molecule has 16 heavy (non-hydrogen) atoms. The molecule has 0 radical (unpaired) electrons. The van der Waals surface area contributed by atoms with E-state index < -0.39 is 11.5 Å². The van der Waals surface area contributed by atoms with Crippen molar-refractivity contribution in [1.82, 2.24) is 0 Å². The van der Waals surface area contributed by atoms with Crippen molar-refractivity contribution in [2.24, 2.45) is 5.73 Å². The van der Waals surface area contributed by atoms with Gasteiger partial charge in [0.1, 0.15) is 0 Å². The van der Waals surface area contributed by atoms with Crippen LogP contribution in [0.1, 0.15) is 6.42 Å². The molecule has 1 saturated heterocycles. The fourth-order valence-corrected chi connectivity index (χ4v) is 1.98. The lowest BCUT2D eigenvalue weighted by molar-refractivity contribution is -0.134. The highest BCUT2D eigenvalue weighted by atomic mass is 16.3. The number of para-hydroxylation sites is 2. The number of hydrogen-bond donors (Lipinski definition) is 3. The van der Waals surface area contributed by atoms with Gasteiger partial charge >= 0.3 is 0 Å². The summed E-state index contributed by atoms with van der Waals surface area (Å²) in [4.78, 5) is 13.0. The zero-order valence-corrected chi connectivity index (χ0v) is 8.89. The average Bonchev–Trinajstić information content (AvgIpc) is 2.63. The van der Waals surface area contributed by atoms with E-state index in [9.17, 15) is 9.90 Å². The van der Waals surface area contributed by atoms with E-state index in [1.165, 1.54) is 0 Å². The first-order valence-electron chi connectivity index (χ1n) is 5.15. The van der Waals surface area contributed by atoms with E-state index in [1.807, 2.05) is 23.1 Å². The number of carbonyl (C=O) groups excluding carboxylic acids is 1. The zero-order chi connectivity index (χ0) is 11.8. The van der Waals surface area contributed by atoms with Crippen molar-refractivity contribution >= 4 is 17.3 Å². The van der Waals surface area contributed by atoms with Crippen LogP contribution in [0.2, 0.25) is 0 Å². The lowest BCUT2D eigenvalue weighted by atomic mass is 10.0. The predicted molar refractivity (Wildman–Crippen MR) is 61.8 cm³/mol. The number of primary amides is 1. The molecule has 0 saturated carbocycles. The van der Waals surface area contributed by atoms with E-state index in [2.05, 4.69) is 0 Å². The number of carbonyl (C=O) groups is 1. The van der Waals surface area contributed by atoms with Crippen LogP contribution in [0, 0.1) is 0 Å². The van der Waals surface area contributed by atoms with Gasteiger partial charge in [0.25, 0.3) is 5.91 Å². The molecule has 1 fully saturated rings. The molecule has 1 aliphatic heterocycles. The van der Waals surface area contributed by atoms with Crippen molar-refractivity contribution < 1.29 is 9.90 Å². The fraction of sp³-hybridized carbons (Fsp3) is 0.364. The average molecular weight is 221 g/mol. The van der Waals surface area contributed by atoms with Crippen LogP contribution in [-0.2, 0) is 4.79 Å². The molecule has 1 amide bonds. The van der Waals surface area contributed by atoms with Gasteiger partial charge < -0.3 is 21.5 Å². The number of nitrogens with two attached hydrogens (primary N) is 2. The number of anilines is 2. The summed E-state index contributed by atoms with van der Waals surface area (Å²) < 4.78 is 0. The highest BCUT2D eigenvalue weighted by Gasteiger charge is 2.41. The third kappa shape index (κ3) is 1.69. The van der Waals surface area contributed by atoms with Crippen molar-refractivity contribution in [3.05, 3.63) is 24.3 Å². The van der Waals surface area contributed by atoms with E-state index in [-0.39, 0.29) is 6.54 Å². The number of aliphatic hydroxyl groups is 1. The van der Waals surface area contributed by atoms with Gasteiger partial charge in [0, 0.05) is 13.0 Å². The number of nitrogen functional groups attached to an aromatic ring is 1. The summed E-state index contributed by atoms with van der Waals surface area (Å²) in [5.74, 6) is -0.676. The summed E-state index contributed by atoms with van der Waals surface area (Å²) in [5.41, 5.74) is 11.0. The van der Waals surface area contributed by atoms with Crippen molar-refractivity contribution in [2.75, 3.05) is 23.7 Å². The maximum absolute atomic E-state index is 11.1. The Labute approximate surface area is 93.6 Å². The number of rotatable bonds is 2. The highest BCUT2D eigenvalue weighted by Crippen LogP contribution is 2.30. The Morgan fingerprint density at radius 2 is 2.12 bits per heavy atom. The van der Waals surface area contributed by atoms with Crippen molar-refractivity contribution in [2.45, 2.75) is 12.0 Å². The standard InChI is InChI=1S/C11H15N3O2/c12-8-3-1-2-4-9(8)14-6-5-11(16,7-14)10(13)15/h1-4,16H,5-7,12H2,(H2,13,15). The summed E-state index contributed by atoms with van der Waals surface area (Å²) in [6.45, 7) is 0.782. The van der Waals surface area contributed by atoms with Gasteiger partial charge in [0.05, 0.1) is 17.9 Å². The highest BCUT2D eigenvalue weighted by molar-refractivity contribution is 5.85. The summed E-state index contributed by atoms with van der Waals surface area (Å²) in [7, 11) is 0. The van der Waals surface area contributed by atoms with Crippen molar-refractivity contribution in [1.29, 1.82) is 0 Å². The first-order valence-corrected chi connectivity index (χ1v) is 5.15. The fourth-order valence-electron chi connectivity index (χ4n) is 1.98. The summed E-state index contributed by atoms with van der Waals surface area (Å²) in [6, 6.07) is 7.36. The summed E-state index contributed by atoms with van der Waals surface area (Å²) in [6.07, 6.45) is 0.344. The van der Waals surface area contributed by atoms with E-state index in [4.69, 9.17) is 11.5 Å². The normalized spacial score (nSPS) is 24.7. The third-order valence-corrected chi connectivity index (χ3v) is 2.98. The molecule has 5 nitrogen and oxygen atoms in total. The van der Waals surface area contributed by atoms with Gasteiger partial charge in [0.15, 0.2) is 5.60 Å². The van der Waals surface area contributed by atoms with Crippen LogP contribution in [0.3, 0.4) is 0 Å². The van der Waals surface area contributed by atoms with Gasteiger partial charge in [0.2, 0.25) is 0 Å². The topological polar surface area (TPSA) is 92.6 Å². The third-order valence-electron chi connectivity index (χ3n) is 2.98. The molecule has 1 heterocycles. The Morgan fingerprint density at radius 1 is 1.44 bits per heavy atom. The molecule has 1 unspecified atom stereocenters. The largest absolute Gasteiger partial charge is 0.397 e. The number of β-amino-alcohol motifs (C(OH)–C–C–N with tert-alkyl or cyclic N) is 1. The summed E-state index contributed by atoms with van der Waals surface area (Å²) in [5, 5.41) is 9.93. The maximum Gasteiger partial charge on any atom is 0.251 e. The molecule has 86 valence electrons. The first kappa shape index (κ1) is 10.8. The van der Waals surface area contributed by atoms with Gasteiger partial charge in [-0.1, -0.05) is 12.1 Å². The second-order valence-electron chi connectivity index (χ2n) is 4.13. The predicted octanol–water partition coefficient (Wildman–Crippen LogP) is -0.305. The Morgan fingerprint density at radius 3 is 2.69 bits per heavy atom. The molecule has 1 aromatic rings. The molecule has 2 rings (SSSR count). The minimum atomic E-state index is -1.43. The van der Waals surface area contributed by atoms with E-state index >= 15 is 0 Å². The Bertz CT molecular complexity index is 421. The van der Waals surface area contributed by atoms with Crippen LogP contribution in [-0.4, -0.2) is 29.7 Å². The second-order valence-corrected chi connectivity index (χ2v) is 4.13. The molecule has 0 aliphatic carbocycles.